The fourth-order valence-corrected chi connectivity index (χ4v) is 2.00. The first-order chi connectivity index (χ1) is 5.89. The van der Waals surface area contributed by atoms with Crippen LogP contribution in [0.3, 0.4) is 0 Å². The number of Topliss-reactive ketones (excluding diaryl/α,β-unsaturated/α-hetero) is 1. The molecule has 0 unspecified atom stereocenters. The maximum atomic E-state index is 11.2. The van der Waals surface area contributed by atoms with Crippen LogP contribution in [0.2, 0.25) is 0 Å². The second kappa shape index (κ2) is 5.34. The van der Waals surface area contributed by atoms with Gasteiger partial charge in [0.05, 0.1) is 12.4 Å². The molecule has 0 aromatic rings. The Morgan fingerprint density at radius 2 is 1.92 bits per heavy atom. The van der Waals surface area contributed by atoms with Crippen LogP contribution in [-0.4, -0.2) is 39.4 Å². The van der Waals surface area contributed by atoms with Crippen LogP contribution in [0.5, 0.6) is 0 Å². The van der Waals surface area contributed by atoms with Gasteiger partial charge >= 0.3 is 0 Å². The van der Waals surface area contributed by atoms with E-state index in [0.717, 1.165) is 0 Å². The summed E-state index contributed by atoms with van der Waals surface area (Å²) in [5.74, 6) is -0.913. The fraction of sp³-hybridized carbons (Fsp3) is 0.875. The molecule has 5 heteroatoms. The molecule has 0 saturated heterocycles. The predicted molar refractivity (Wildman–Crippen MR) is 50.4 cm³/mol. The fourth-order valence-electron chi connectivity index (χ4n) is 0.666. The van der Waals surface area contributed by atoms with Crippen LogP contribution in [-0.2, 0) is 19.4 Å². The maximum absolute atomic E-state index is 11.2. The summed E-state index contributed by atoms with van der Waals surface area (Å²) in [7, 11) is -1.83. The van der Waals surface area contributed by atoms with Crippen molar-refractivity contribution < 1.29 is 17.9 Å². The van der Waals surface area contributed by atoms with Gasteiger partial charge in [-0.25, -0.2) is 8.42 Å². The number of hydrogen-bond donors (Lipinski definition) is 0. The third-order valence-electron chi connectivity index (χ3n) is 1.60. The van der Waals surface area contributed by atoms with Gasteiger partial charge in [-0.05, 0) is 0 Å². The molecule has 0 N–H and O–H groups in total. The van der Waals surface area contributed by atoms with E-state index in [1.54, 1.807) is 13.8 Å². The summed E-state index contributed by atoms with van der Waals surface area (Å²) in [5, 5.41) is 0. The normalized spacial score (nSPS) is 12.0. The molecule has 0 aliphatic rings. The molecule has 0 aliphatic carbocycles. The smallest absolute Gasteiger partial charge is 0.159 e. The Morgan fingerprint density at radius 1 is 1.38 bits per heavy atom. The van der Waals surface area contributed by atoms with E-state index in [1.807, 2.05) is 0 Å². The van der Waals surface area contributed by atoms with Crippen LogP contribution in [0.15, 0.2) is 0 Å². The Hall–Kier alpha value is -0.420. The quantitative estimate of drug-likeness (QED) is 0.628. The number of methoxy groups -OCH3 is 1. The first kappa shape index (κ1) is 12.6. The zero-order chi connectivity index (χ0) is 10.5. The maximum Gasteiger partial charge on any atom is 0.159 e. The van der Waals surface area contributed by atoms with Gasteiger partial charge < -0.3 is 4.74 Å². The summed E-state index contributed by atoms with van der Waals surface area (Å²) in [4.78, 5) is 11.1. The molecule has 4 nitrogen and oxygen atoms in total. The standard InChI is InChI=1S/C8H16O4S/c1-7(2)8(9)6-13(10,11)5-4-12-3/h7H,4-6H2,1-3H3. The van der Waals surface area contributed by atoms with Crippen molar-refractivity contribution in [3.8, 4) is 0 Å². The minimum absolute atomic E-state index is 0.0814. The Labute approximate surface area is 79.2 Å². The van der Waals surface area contributed by atoms with E-state index in [9.17, 15) is 13.2 Å². The molecule has 0 saturated carbocycles. The molecular weight excluding hydrogens is 192 g/mol. The van der Waals surface area contributed by atoms with Gasteiger partial charge in [-0.1, -0.05) is 13.8 Å². The summed E-state index contributed by atoms with van der Waals surface area (Å²) in [6, 6.07) is 0. The monoisotopic (exact) mass is 208 g/mol. The summed E-state index contributed by atoms with van der Waals surface area (Å²) in [5.41, 5.74) is 0. The number of carbonyl (C=O) groups is 1. The molecule has 0 fully saturated rings. The first-order valence-corrected chi connectivity index (χ1v) is 5.93. The van der Waals surface area contributed by atoms with Crippen LogP contribution in [0, 0.1) is 5.92 Å². The van der Waals surface area contributed by atoms with Gasteiger partial charge in [0.15, 0.2) is 9.84 Å². The van der Waals surface area contributed by atoms with E-state index in [1.165, 1.54) is 7.11 Å². The van der Waals surface area contributed by atoms with Crippen molar-refractivity contribution in [2.24, 2.45) is 5.92 Å². The lowest BCUT2D eigenvalue weighted by molar-refractivity contribution is -0.119. The van der Waals surface area contributed by atoms with E-state index in [0.29, 0.717) is 0 Å². The molecule has 0 aromatic carbocycles. The van der Waals surface area contributed by atoms with Crippen molar-refractivity contribution in [2.45, 2.75) is 13.8 Å². The number of sulfone groups is 1. The molecule has 0 aromatic heterocycles. The van der Waals surface area contributed by atoms with E-state index in [-0.39, 0.29) is 29.8 Å². The van der Waals surface area contributed by atoms with Gasteiger partial charge in [0, 0.05) is 13.0 Å². The molecule has 0 atom stereocenters. The number of rotatable bonds is 6. The molecule has 0 rings (SSSR count). The topological polar surface area (TPSA) is 60.4 Å². The lowest BCUT2D eigenvalue weighted by Crippen LogP contribution is -2.24. The SMILES string of the molecule is COCCS(=O)(=O)CC(=O)C(C)C. The zero-order valence-corrected chi connectivity index (χ0v) is 9.06. The first-order valence-electron chi connectivity index (χ1n) is 4.11. The highest BCUT2D eigenvalue weighted by Gasteiger charge is 2.18. The highest BCUT2D eigenvalue weighted by molar-refractivity contribution is 7.92. The molecule has 0 aliphatic heterocycles. The minimum atomic E-state index is -3.26. The van der Waals surface area contributed by atoms with Crippen LogP contribution >= 0.6 is 0 Å². The van der Waals surface area contributed by atoms with Crippen LogP contribution in [0.25, 0.3) is 0 Å². The third kappa shape index (κ3) is 5.76. The molecular formula is C8H16O4S. The van der Waals surface area contributed by atoms with Crippen molar-refractivity contribution in [1.82, 2.24) is 0 Å². The molecule has 0 amide bonds. The molecule has 78 valence electrons. The van der Waals surface area contributed by atoms with Crippen LogP contribution < -0.4 is 0 Å². The minimum Gasteiger partial charge on any atom is -0.384 e. The number of hydrogen-bond acceptors (Lipinski definition) is 4. The Kier molecular flexibility index (Phi) is 5.17. The Balaban J connectivity index is 4.11. The number of ketones is 1. The number of carbonyl (C=O) groups excluding carboxylic acids is 1. The average molecular weight is 208 g/mol. The molecule has 13 heavy (non-hydrogen) atoms. The lowest BCUT2D eigenvalue weighted by atomic mass is 10.1. The average Bonchev–Trinajstić information content (AvgIpc) is 2.00. The van der Waals surface area contributed by atoms with Gasteiger partial charge in [0.2, 0.25) is 0 Å². The van der Waals surface area contributed by atoms with Gasteiger partial charge in [-0.2, -0.15) is 0 Å². The van der Waals surface area contributed by atoms with E-state index < -0.39 is 9.84 Å². The third-order valence-corrected chi connectivity index (χ3v) is 3.12. The molecule has 0 heterocycles. The highest BCUT2D eigenvalue weighted by Crippen LogP contribution is 1.99. The second-order valence-corrected chi connectivity index (χ2v) is 5.39. The van der Waals surface area contributed by atoms with Gasteiger partial charge in [-0.3, -0.25) is 4.79 Å². The predicted octanol–water partition coefficient (Wildman–Crippen LogP) is 0.273. The van der Waals surface area contributed by atoms with E-state index >= 15 is 0 Å². The Bertz CT molecular complexity index is 253. The summed E-state index contributed by atoms with van der Waals surface area (Å²) < 4.78 is 27.0. The van der Waals surface area contributed by atoms with Crippen molar-refractivity contribution in [1.29, 1.82) is 0 Å². The second-order valence-electron chi connectivity index (χ2n) is 3.21. The van der Waals surface area contributed by atoms with Crippen molar-refractivity contribution >= 4 is 15.6 Å². The molecule has 0 radical (unpaired) electrons. The van der Waals surface area contributed by atoms with Gasteiger partial charge in [0.25, 0.3) is 0 Å². The van der Waals surface area contributed by atoms with E-state index in [4.69, 9.17) is 0 Å². The summed E-state index contributed by atoms with van der Waals surface area (Å²) in [6.07, 6.45) is 0. The Morgan fingerprint density at radius 3 is 2.31 bits per heavy atom. The zero-order valence-electron chi connectivity index (χ0n) is 8.24. The summed E-state index contributed by atoms with van der Waals surface area (Å²) in [6.45, 7) is 3.52. The number of ether oxygens (including phenoxy) is 1. The van der Waals surface area contributed by atoms with Gasteiger partial charge in [0.1, 0.15) is 11.5 Å². The highest BCUT2D eigenvalue weighted by atomic mass is 32.2. The van der Waals surface area contributed by atoms with Crippen LogP contribution in [0.1, 0.15) is 13.8 Å². The van der Waals surface area contributed by atoms with E-state index in [2.05, 4.69) is 4.74 Å². The molecule has 0 bridgehead atoms. The summed E-state index contributed by atoms with van der Waals surface area (Å²) >= 11 is 0. The van der Waals surface area contributed by atoms with Crippen molar-refractivity contribution in [3.05, 3.63) is 0 Å². The lowest BCUT2D eigenvalue weighted by Gasteiger charge is -2.04. The van der Waals surface area contributed by atoms with Crippen molar-refractivity contribution in [3.63, 3.8) is 0 Å². The van der Waals surface area contributed by atoms with Crippen molar-refractivity contribution in [2.75, 3.05) is 25.2 Å². The van der Waals surface area contributed by atoms with Gasteiger partial charge in [-0.15, -0.1) is 0 Å². The van der Waals surface area contributed by atoms with Crippen LogP contribution in [0.4, 0.5) is 0 Å². The largest absolute Gasteiger partial charge is 0.384 e. The molecule has 0 spiro atoms.